The molecule has 0 radical (unpaired) electrons. The second-order valence-corrected chi connectivity index (χ2v) is 5.82. The van der Waals surface area contributed by atoms with Gasteiger partial charge in [-0.1, -0.05) is 0 Å². The minimum Gasteiger partial charge on any atom is -0.378 e. The monoisotopic (exact) mass is 294 g/mol. The van der Waals surface area contributed by atoms with Crippen molar-refractivity contribution in [1.82, 2.24) is 15.1 Å². The lowest BCUT2D eigenvalue weighted by Crippen LogP contribution is -2.31. The third-order valence-corrected chi connectivity index (χ3v) is 3.94. The normalized spacial score (nSPS) is 22.2. The molecular weight excluding hydrogens is 268 g/mol. The summed E-state index contributed by atoms with van der Waals surface area (Å²) in [5.74, 6) is -0.0655. The number of amides is 1. The fourth-order valence-electron chi connectivity index (χ4n) is 2.70. The number of hydrogen-bond donors (Lipinski definition) is 2. The molecule has 2 rings (SSSR count). The van der Waals surface area contributed by atoms with E-state index < -0.39 is 0 Å². The van der Waals surface area contributed by atoms with Gasteiger partial charge in [0, 0.05) is 32.4 Å². The predicted octanol–water partition coefficient (Wildman–Crippen LogP) is 1.13. The van der Waals surface area contributed by atoms with Crippen molar-refractivity contribution in [3.63, 3.8) is 0 Å². The van der Waals surface area contributed by atoms with Crippen molar-refractivity contribution in [2.75, 3.05) is 13.2 Å². The van der Waals surface area contributed by atoms with Crippen molar-refractivity contribution in [2.45, 2.75) is 51.2 Å². The van der Waals surface area contributed by atoms with Crippen LogP contribution in [0.4, 0.5) is 0 Å². The zero-order valence-electron chi connectivity index (χ0n) is 13.0. The van der Waals surface area contributed by atoms with Crippen LogP contribution in [0.15, 0.2) is 6.20 Å². The zero-order valence-corrected chi connectivity index (χ0v) is 13.0. The first-order valence-corrected chi connectivity index (χ1v) is 7.72. The second kappa shape index (κ2) is 7.56. The van der Waals surface area contributed by atoms with Crippen molar-refractivity contribution >= 4 is 5.91 Å². The van der Waals surface area contributed by atoms with Crippen LogP contribution in [0.5, 0.6) is 0 Å². The van der Waals surface area contributed by atoms with Gasteiger partial charge in [-0.3, -0.25) is 9.48 Å². The number of nitrogens with two attached hydrogens (primary N) is 1. The molecule has 6 heteroatoms. The van der Waals surface area contributed by atoms with E-state index >= 15 is 0 Å². The SMILES string of the molecule is Cc1nn(C)cc1C(=O)NCCCOC1CCC(N)CC1. The number of rotatable bonds is 6. The van der Waals surface area contributed by atoms with Gasteiger partial charge < -0.3 is 15.8 Å². The molecule has 0 bridgehead atoms. The maximum atomic E-state index is 12.0. The summed E-state index contributed by atoms with van der Waals surface area (Å²) in [5, 5.41) is 7.07. The molecule has 1 saturated carbocycles. The van der Waals surface area contributed by atoms with Crippen LogP contribution in [0.3, 0.4) is 0 Å². The van der Waals surface area contributed by atoms with Gasteiger partial charge in [0.15, 0.2) is 0 Å². The standard InChI is InChI=1S/C15H26N4O2/c1-11-14(10-19(2)18-11)15(20)17-8-3-9-21-13-6-4-12(16)5-7-13/h10,12-13H,3-9,16H2,1-2H3,(H,17,20). The number of aromatic nitrogens is 2. The molecule has 1 fully saturated rings. The van der Waals surface area contributed by atoms with E-state index in [-0.39, 0.29) is 5.91 Å². The van der Waals surface area contributed by atoms with Crippen LogP contribution >= 0.6 is 0 Å². The van der Waals surface area contributed by atoms with Gasteiger partial charge in [-0.2, -0.15) is 5.10 Å². The van der Waals surface area contributed by atoms with Crippen molar-refractivity contribution < 1.29 is 9.53 Å². The van der Waals surface area contributed by atoms with Gasteiger partial charge in [-0.25, -0.2) is 0 Å². The molecule has 0 aromatic carbocycles. The van der Waals surface area contributed by atoms with Crippen LogP contribution in [0, 0.1) is 6.92 Å². The number of nitrogens with one attached hydrogen (secondary N) is 1. The summed E-state index contributed by atoms with van der Waals surface area (Å²) >= 11 is 0. The summed E-state index contributed by atoms with van der Waals surface area (Å²) in [6, 6.07) is 0.354. The van der Waals surface area contributed by atoms with Crippen LogP contribution in [0.25, 0.3) is 0 Å². The molecule has 1 aliphatic carbocycles. The molecule has 0 saturated heterocycles. The van der Waals surface area contributed by atoms with E-state index in [1.54, 1.807) is 10.9 Å². The molecule has 0 unspecified atom stereocenters. The molecule has 1 amide bonds. The Morgan fingerprint density at radius 1 is 1.48 bits per heavy atom. The maximum absolute atomic E-state index is 12.0. The van der Waals surface area contributed by atoms with Crippen LogP contribution in [0.2, 0.25) is 0 Å². The second-order valence-electron chi connectivity index (χ2n) is 5.82. The van der Waals surface area contributed by atoms with Gasteiger partial charge in [0.25, 0.3) is 5.91 Å². The van der Waals surface area contributed by atoms with E-state index in [1.165, 1.54) is 0 Å². The number of carbonyl (C=O) groups is 1. The lowest BCUT2D eigenvalue weighted by atomic mass is 9.94. The number of carbonyl (C=O) groups excluding carboxylic acids is 1. The fraction of sp³-hybridized carbons (Fsp3) is 0.733. The van der Waals surface area contributed by atoms with E-state index in [9.17, 15) is 4.79 Å². The average molecular weight is 294 g/mol. The molecule has 0 spiro atoms. The highest BCUT2D eigenvalue weighted by Crippen LogP contribution is 2.19. The Morgan fingerprint density at radius 2 is 2.19 bits per heavy atom. The van der Waals surface area contributed by atoms with Gasteiger partial charge in [0.1, 0.15) is 0 Å². The molecule has 1 aromatic heterocycles. The molecule has 3 N–H and O–H groups in total. The van der Waals surface area contributed by atoms with Gasteiger partial charge in [-0.15, -0.1) is 0 Å². The zero-order chi connectivity index (χ0) is 15.2. The minimum absolute atomic E-state index is 0.0655. The minimum atomic E-state index is -0.0655. The Labute approximate surface area is 126 Å². The highest BCUT2D eigenvalue weighted by Gasteiger charge is 2.18. The van der Waals surface area contributed by atoms with Crippen LogP contribution in [-0.4, -0.2) is 41.0 Å². The van der Waals surface area contributed by atoms with Crippen molar-refractivity contribution in [3.05, 3.63) is 17.5 Å². The molecule has 21 heavy (non-hydrogen) atoms. The first-order valence-electron chi connectivity index (χ1n) is 7.72. The summed E-state index contributed by atoms with van der Waals surface area (Å²) in [4.78, 5) is 12.0. The van der Waals surface area contributed by atoms with E-state index in [1.807, 2.05) is 14.0 Å². The number of ether oxygens (including phenoxy) is 1. The van der Waals surface area contributed by atoms with E-state index in [0.717, 1.165) is 37.8 Å². The Hall–Kier alpha value is -1.40. The van der Waals surface area contributed by atoms with Gasteiger partial charge >= 0.3 is 0 Å². The summed E-state index contributed by atoms with van der Waals surface area (Å²) in [5.41, 5.74) is 7.26. The van der Waals surface area contributed by atoms with E-state index in [0.29, 0.717) is 30.9 Å². The van der Waals surface area contributed by atoms with E-state index in [4.69, 9.17) is 10.5 Å². The highest BCUT2D eigenvalue weighted by molar-refractivity contribution is 5.94. The third kappa shape index (κ3) is 4.82. The Kier molecular flexibility index (Phi) is 5.76. The van der Waals surface area contributed by atoms with E-state index in [2.05, 4.69) is 10.4 Å². The molecule has 1 aliphatic rings. The molecule has 6 nitrogen and oxygen atoms in total. The topological polar surface area (TPSA) is 82.2 Å². The Morgan fingerprint density at radius 3 is 2.81 bits per heavy atom. The molecule has 0 aliphatic heterocycles. The molecule has 0 atom stereocenters. The summed E-state index contributed by atoms with van der Waals surface area (Å²) in [7, 11) is 1.81. The first-order chi connectivity index (χ1) is 10.1. The van der Waals surface area contributed by atoms with Crippen molar-refractivity contribution in [3.8, 4) is 0 Å². The van der Waals surface area contributed by atoms with Gasteiger partial charge in [0.2, 0.25) is 0 Å². The summed E-state index contributed by atoms with van der Waals surface area (Å²) in [6.07, 6.45) is 7.15. The maximum Gasteiger partial charge on any atom is 0.254 e. The highest BCUT2D eigenvalue weighted by atomic mass is 16.5. The fourth-order valence-corrected chi connectivity index (χ4v) is 2.70. The van der Waals surface area contributed by atoms with Crippen LogP contribution in [0.1, 0.15) is 48.2 Å². The Bertz CT molecular complexity index is 464. The summed E-state index contributed by atoms with van der Waals surface area (Å²) < 4.78 is 7.48. The smallest absolute Gasteiger partial charge is 0.254 e. The molecule has 1 aromatic rings. The van der Waals surface area contributed by atoms with Gasteiger partial charge in [0.05, 0.1) is 17.4 Å². The van der Waals surface area contributed by atoms with Crippen molar-refractivity contribution in [1.29, 1.82) is 0 Å². The average Bonchev–Trinajstić information content (AvgIpc) is 2.79. The number of aryl methyl sites for hydroxylation is 2. The van der Waals surface area contributed by atoms with Crippen molar-refractivity contribution in [2.24, 2.45) is 12.8 Å². The molecule has 118 valence electrons. The largest absolute Gasteiger partial charge is 0.378 e. The first kappa shape index (κ1) is 16.0. The van der Waals surface area contributed by atoms with Crippen LogP contribution < -0.4 is 11.1 Å². The summed E-state index contributed by atoms with van der Waals surface area (Å²) in [6.45, 7) is 3.15. The van der Waals surface area contributed by atoms with Crippen LogP contribution in [-0.2, 0) is 11.8 Å². The lowest BCUT2D eigenvalue weighted by molar-refractivity contribution is 0.0241. The number of hydrogen-bond acceptors (Lipinski definition) is 4. The Balaban J connectivity index is 1.59. The van der Waals surface area contributed by atoms with Gasteiger partial charge in [-0.05, 0) is 39.0 Å². The third-order valence-electron chi connectivity index (χ3n) is 3.94. The quantitative estimate of drug-likeness (QED) is 0.771. The predicted molar refractivity (Wildman–Crippen MR) is 81.1 cm³/mol. The lowest BCUT2D eigenvalue weighted by Gasteiger charge is -2.26. The number of nitrogens with zero attached hydrogens (tertiary/aromatic N) is 2. The molecule has 1 heterocycles. The molecular formula is C15H26N4O2.